The standard InChI is InChI=1S/C18H17BrN2O3S/c1-9-5-6-13(19)11(7-9)12-8-25-15-14(12)16(22)21(10(2)20-15)18(3,4)17(23)24/h5-8H,1-4H3,(H,23,24). The zero-order valence-electron chi connectivity index (χ0n) is 14.3. The number of aryl methyl sites for hydroxylation is 2. The number of carbonyl (C=O) groups is 1. The number of carboxylic acids is 1. The highest BCUT2D eigenvalue weighted by Gasteiger charge is 2.33. The van der Waals surface area contributed by atoms with Gasteiger partial charge in [-0.3, -0.25) is 9.36 Å². The molecule has 0 aliphatic heterocycles. The van der Waals surface area contributed by atoms with Gasteiger partial charge in [-0.05, 0) is 39.3 Å². The van der Waals surface area contributed by atoms with E-state index in [1.54, 1.807) is 6.92 Å². The van der Waals surface area contributed by atoms with Crippen molar-refractivity contribution in [3.63, 3.8) is 0 Å². The molecule has 0 amide bonds. The van der Waals surface area contributed by atoms with E-state index in [2.05, 4.69) is 20.9 Å². The zero-order valence-corrected chi connectivity index (χ0v) is 16.7. The van der Waals surface area contributed by atoms with Gasteiger partial charge >= 0.3 is 5.97 Å². The summed E-state index contributed by atoms with van der Waals surface area (Å²) in [4.78, 5) is 30.0. The maximum absolute atomic E-state index is 13.2. The fourth-order valence-electron chi connectivity index (χ4n) is 2.89. The van der Waals surface area contributed by atoms with E-state index in [1.165, 1.54) is 29.8 Å². The molecule has 0 spiro atoms. The molecule has 0 unspecified atom stereocenters. The van der Waals surface area contributed by atoms with E-state index in [4.69, 9.17) is 0 Å². The van der Waals surface area contributed by atoms with Crippen molar-refractivity contribution in [3.8, 4) is 11.1 Å². The van der Waals surface area contributed by atoms with Gasteiger partial charge in [0.05, 0.1) is 5.39 Å². The van der Waals surface area contributed by atoms with Crippen molar-refractivity contribution in [2.45, 2.75) is 33.2 Å². The smallest absolute Gasteiger partial charge is 0.329 e. The van der Waals surface area contributed by atoms with Gasteiger partial charge < -0.3 is 5.11 Å². The van der Waals surface area contributed by atoms with E-state index in [1.807, 2.05) is 30.5 Å². The summed E-state index contributed by atoms with van der Waals surface area (Å²) in [7, 11) is 0. The van der Waals surface area contributed by atoms with Gasteiger partial charge in [0.2, 0.25) is 0 Å². The van der Waals surface area contributed by atoms with Crippen LogP contribution in [0.2, 0.25) is 0 Å². The van der Waals surface area contributed by atoms with Crippen molar-refractivity contribution in [2.75, 3.05) is 0 Å². The van der Waals surface area contributed by atoms with Gasteiger partial charge in [0.15, 0.2) is 0 Å². The first-order chi connectivity index (χ1) is 11.6. The third-order valence-corrected chi connectivity index (χ3v) is 5.83. The number of aliphatic carboxylic acids is 1. The molecule has 7 heteroatoms. The van der Waals surface area contributed by atoms with Crippen molar-refractivity contribution >= 4 is 43.5 Å². The highest BCUT2D eigenvalue weighted by Crippen LogP contribution is 2.36. The second-order valence-corrected chi connectivity index (χ2v) is 8.19. The van der Waals surface area contributed by atoms with Crippen LogP contribution in [0.25, 0.3) is 21.3 Å². The van der Waals surface area contributed by atoms with E-state index in [-0.39, 0.29) is 5.56 Å². The summed E-state index contributed by atoms with van der Waals surface area (Å²) in [6, 6.07) is 5.92. The van der Waals surface area contributed by atoms with Gasteiger partial charge in [-0.2, -0.15) is 0 Å². The number of hydrogen-bond donors (Lipinski definition) is 1. The molecule has 0 radical (unpaired) electrons. The Labute approximate surface area is 157 Å². The molecule has 3 rings (SSSR count). The second kappa shape index (κ2) is 6.07. The Morgan fingerprint density at radius 3 is 2.60 bits per heavy atom. The van der Waals surface area contributed by atoms with E-state index in [9.17, 15) is 14.7 Å². The summed E-state index contributed by atoms with van der Waals surface area (Å²) in [5.74, 6) is -0.686. The molecule has 130 valence electrons. The van der Waals surface area contributed by atoms with Gasteiger partial charge in [-0.15, -0.1) is 11.3 Å². The van der Waals surface area contributed by atoms with Crippen LogP contribution in [0.4, 0.5) is 0 Å². The Bertz CT molecular complexity index is 1070. The maximum Gasteiger partial charge on any atom is 0.329 e. The first-order valence-electron chi connectivity index (χ1n) is 7.66. The van der Waals surface area contributed by atoms with Crippen LogP contribution in [0.5, 0.6) is 0 Å². The van der Waals surface area contributed by atoms with Crippen LogP contribution in [0, 0.1) is 13.8 Å². The number of aromatic nitrogens is 2. The minimum atomic E-state index is -1.38. The Morgan fingerprint density at radius 2 is 1.96 bits per heavy atom. The van der Waals surface area contributed by atoms with Gasteiger partial charge in [0.25, 0.3) is 5.56 Å². The molecule has 25 heavy (non-hydrogen) atoms. The fraction of sp³-hybridized carbons (Fsp3) is 0.278. The predicted molar refractivity (Wildman–Crippen MR) is 103 cm³/mol. The van der Waals surface area contributed by atoms with Crippen LogP contribution in [-0.2, 0) is 10.3 Å². The number of carboxylic acid groups (broad SMARTS) is 1. The molecule has 1 N–H and O–H groups in total. The number of hydrogen-bond acceptors (Lipinski definition) is 4. The van der Waals surface area contributed by atoms with Gasteiger partial charge in [0, 0.05) is 15.4 Å². The summed E-state index contributed by atoms with van der Waals surface area (Å²) in [6.07, 6.45) is 0. The third-order valence-electron chi connectivity index (χ3n) is 4.27. The van der Waals surface area contributed by atoms with Gasteiger partial charge in [-0.25, -0.2) is 9.78 Å². The monoisotopic (exact) mass is 420 g/mol. The molecule has 0 saturated carbocycles. The Morgan fingerprint density at radius 1 is 1.28 bits per heavy atom. The Kier molecular flexibility index (Phi) is 4.33. The number of halogens is 1. The highest BCUT2D eigenvalue weighted by molar-refractivity contribution is 9.10. The van der Waals surface area contributed by atoms with Crippen LogP contribution >= 0.6 is 27.3 Å². The average molecular weight is 421 g/mol. The summed E-state index contributed by atoms with van der Waals surface area (Å²) < 4.78 is 2.14. The second-order valence-electron chi connectivity index (χ2n) is 6.48. The molecular weight excluding hydrogens is 404 g/mol. The number of rotatable bonds is 3. The minimum Gasteiger partial charge on any atom is -0.480 e. The molecule has 2 heterocycles. The molecule has 0 atom stereocenters. The summed E-state index contributed by atoms with van der Waals surface area (Å²) in [6.45, 7) is 6.66. The van der Waals surface area contributed by atoms with E-state index < -0.39 is 11.5 Å². The molecule has 1 aromatic carbocycles. The predicted octanol–water partition coefficient (Wildman–Crippen LogP) is 4.32. The quantitative estimate of drug-likeness (QED) is 0.684. The van der Waals surface area contributed by atoms with Gasteiger partial charge in [0.1, 0.15) is 16.2 Å². The largest absolute Gasteiger partial charge is 0.480 e. The fourth-order valence-corrected chi connectivity index (χ4v) is 4.32. The minimum absolute atomic E-state index is 0.334. The highest BCUT2D eigenvalue weighted by atomic mass is 79.9. The first kappa shape index (κ1) is 17.8. The van der Waals surface area contributed by atoms with E-state index in [0.717, 1.165) is 21.2 Å². The lowest BCUT2D eigenvalue weighted by molar-refractivity contribution is -0.145. The molecule has 5 nitrogen and oxygen atoms in total. The topological polar surface area (TPSA) is 72.2 Å². The third kappa shape index (κ3) is 2.81. The zero-order chi connectivity index (χ0) is 18.5. The molecule has 0 saturated heterocycles. The normalized spacial score (nSPS) is 11.9. The van der Waals surface area contributed by atoms with Crippen LogP contribution in [0.1, 0.15) is 25.2 Å². The van der Waals surface area contributed by atoms with Crippen molar-refractivity contribution < 1.29 is 9.90 Å². The number of thiophene rings is 1. The number of benzene rings is 1. The van der Waals surface area contributed by atoms with Crippen molar-refractivity contribution in [1.82, 2.24) is 9.55 Å². The van der Waals surface area contributed by atoms with Crippen LogP contribution in [-0.4, -0.2) is 20.6 Å². The van der Waals surface area contributed by atoms with Crippen LogP contribution < -0.4 is 5.56 Å². The Balaban J connectivity index is 2.41. The van der Waals surface area contributed by atoms with Crippen molar-refractivity contribution in [2.24, 2.45) is 0 Å². The molecule has 0 aliphatic rings. The van der Waals surface area contributed by atoms with Crippen LogP contribution in [0.3, 0.4) is 0 Å². The van der Waals surface area contributed by atoms with Crippen molar-refractivity contribution in [1.29, 1.82) is 0 Å². The SMILES string of the molecule is Cc1ccc(Br)c(-c2csc3nc(C)n(C(C)(C)C(=O)O)c(=O)c23)c1. The molecule has 0 aliphatic carbocycles. The van der Waals surface area contributed by atoms with Crippen LogP contribution in [0.15, 0.2) is 32.8 Å². The summed E-state index contributed by atoms with van der Waals surface area (Å²) >= 11 is 4.93. The summed E-state index contributed by atoms with van der Waals surface area (Å²) in [5, 5.41) is 11.9. The average Bonchev–Trinajstić information content (AvgIpc) is 2.93. The lowest BCUT2D eigenvalue weighted by Crippen LogP contribution is -2.44. The Hall–Kier alpha value is -1.99. The molecule has 2 aromatic heterocycles. The molecule has 0 bridgehead atoms. The summed E-state index contributed by atoms with van der Waals surface area (Å²) in [5.41, 5.74) is 1.02. The maximum atomic E-state index is 13.2. The molecular formula is C18H17BrN2O3S. The molecule has 0 fully saturated rings. The number of nitrogens with zero attached hydrogens (tertiary/aromatic N) is 2. The van der Waals surface area contributed by atoms with Gasteiger partial charge in [-0.1, -0.05) is 33.6 Å². The lowest BCUT2D eigenvalue weighted by Gasteiger charge is -2.24. The molecule has 3 aromatic rings. The van der Waals surface area contributed by atoms with E-state index in [0.29, 0.717) is 16.0 Å². The first-order valence-corrected chi connectivity index (χ1v) is 9.33. The van der Waals surface area contributed by atoms with Crippen molar-refractivity contribution in [3.05, 3.63) is 49.8 Å². The van der Waals surface area contributed by atoms with E-state index >= 15 is 0 Å². The number of fused-ring (bicyclic) bond motifs is 1. The lowest BCUT2D eigenvalue weighted by atomic mass is 10.0.